The van der Waals surface area contributed by atoms with Crippen molar-refractivity contribution in [3.05, 3.63) is 0 Å². The van der Waals surface area contributed by atoms with Crippen molar-refractivity contribution in [1.82, 2.24) is 4.90 Å². The van der Waals surface area contributed by atoms with E-state index in [4.69, 9.17) is 4.74 Å². The molecule has 2 saturated carbocycles. The molecule has 0 bridgehead atoms. The van der Waals surface area contributed by atoms with Gasteiger partial charge in [-0.15, -0.1) is 0 Å². The topological polar surface area (TPSA) is 66.8 Å². The summed E-state index contributed by atoms with van der Waals surface area (Å²) in [5.41, 5.74) is -1.04. The van der Waals surface area contributed by atoms with E-state index in [0.717, 1.165) is 25.7 Å². The van der Waals surface area contributed by atoms with Gasteiger partial charge >= 0.3 is 5.97 Å². The second kappa shape index (κ2) is 4.64. The zero-order valence-corrected chi connectivity index (χ0v) is 10.1. The van der Waals surface area contributed by atoms with Crippen molar-refractivity contribution >= 4 is 12.4 Å². The van der Waals surface area contributed by atoms with Crippen LogP contribution in [0, 0.1) is 0 Å². The highest BCUT2D eigenvalue weighted by atomic mass is 16.5. The second-order valence-corrected chi connectivity index (χ2v) is 5.03. The molecule has 2 rings (SSSR count). The van der Waals surface area contributed by atoms with E-state index < -0.39 is 11.5 Å². The van der Waals surface area contributed by atoms with Crippen LogP contribution in [0.5, 0.6) is 0 Å². The van der Waals surface area contributed by atoms with E-state index in [0.29, 0.717) is 19.3 Å². The van der Waals surface area contributed by atoms with Crippen LogP contribution in [0.3, 0.4) is 0 Å². The monoisotopic (exact) mass is 241 g/mol. The van der Waals surface area contributed by atoms with Crippen molar-refractivity contribution < 1.29 is 19.4 Å². The lowest BCUT2D eigenvalue weighted by Gasteiger charge is -2.43. The van der Waals surface area contributed by atoms with Crippen LogP contribution < -0.4 is 0 Å². The summed E-state index contributed by atoms with van der Waals surface area (Å²) in [4.78, 5) is 24.4. The van der Waals surface area contributed by atoms with Gasteiger partial charge in [-0.25, -0.2) is 4.79 Å². The van der Waals surface area contributed by atoms with E-state index in [2.05, 4.69) is 0 Å². The minimum Gasteiger partial charge on any atom is -0.479 e. The smallest absolute Gasteiger partial charge is 0.329 e. The van der Waals surface area contributed by atoms with Crippen LogP contribution in [0.4, 0.5) is 0 Å². The van der Waals surface area contributed by atoms with Crippen molar-refractivity contribution in [2.75, 3.05) is 7.11 Å². The van der Waals surface area contributed by atoms with Crippen LogP contribution in [-0.4, -0.2) is 47.2 Å². The molecule has 0 saturated heterocycles. The van der Waals surface area contributed by atoms with Crippen LogP contribution in [-0.2, 0) is 14.3 Å². The molecule has 2 aliphatic carbocycles. The summed E-state index contributed by atoms with van der Waals surface area (Å²) < 4.78 is 5.29. The molecule has 0 heterocycles. The molecule has 0 spiro atoms. The molecule has 5 heteroatoms. The highest BCUT2D eigenvalue weighted by Crippen LogP contribution is 2.40. The number of rotatable bonds is 5. The molecule has 17 heavy (non-hydrogen) atoms. The Morgan fingerprint density at radius 1 is 1.47 bits per heavy atom. The number of amides is 1. The quantitative estimate of drug-likeness (QED) is 0.730. The van der Waals surface area contributed by atoms with E-state index >= 15 is 0 Å². The fraction of sp³-hybridized carbons (Fsp3) is 0.833. The highest BCUT2D eigenvalue weighted by Gasteiger charge is 2.51. The summed E-state index contributed by atoms with van der Waals surface area (Å²) in [6.07, 6.45) is 5.12. The number of carbonyl (C=O) groups excluding carboxylic acids is 1. The number of carboxylic acid groups (broad SMARTS) is 1. The summed E-state index contributed by atoms with van der Waals surface area (Å²) in [5, 5.41) is 9.52. The first-order valence-corrected chi connectivity index (χ1v) is 6.14. The average molecular weight is 241 g/mol. The van der Waals surface area contributed by atoms with E-state index in [1.54, 1.807) is 7.11 Å². The zero-order valence-electron chi connectivity index (χ0n) is 10.1. The summed E-state index contributed by atoms with van der Waals surface area (Å²) in [6.45, 7) is 0. The van der Waals surface area contributed by atoms with Crippen molar-refractivity contribution in [1.29, 1.82) is 0 Å². The van der Waals surface area contributed by atoms with Gasteiger partial charge in [0.1, 0.15) is 5.54 Å². The molecule has 0 aromatic heterocycles. The van der Waals surface area contributed by atoms with Gasteiger partial charge in [-0.2, -0.15) is 0 Å². The second-order valence-electron chi connectivity index (χ2n) is 5.03. The van der Waals surface area contributed by atoms with Crippen LogP contribution in [0.2, 0.25) is 0 Å². The Kier molecular flexibility index (Phi) is 3.38. The van der Waals surface area contributed by atoms with Crippen LogP contribution in [0.25, 0.3) is 0 Å². The molecular weight excluding hydrogens is 222 g/mol. The molecule has 5 nitrogen and oxygen atoms in total. The third-order valence-corrected chi connectivity index (χ3v) is 3.96. The Morgan fingerprint density at radius 2 is 2.18 bits per heavy atom. The molecule has 2 aliphatic rings. The Labute approximate surface area is 101 Å². The first-order valence-electron chi connectivity index (χ1n) is 6.14. The van der Waals surface area contributed by atoms with Crippen molar-refractivity contribution in [3.63, 3.8) is 0 Å². The molecule has 0 aromatic rings. The summed E-state index contributed by atoms with van der Waals surface area (Å²) >= 11 is 0. The summed E-state index contributed by atoms with van der Waals surface area (Å²) in [6, 6.07) is 0.124. The highest BCUT2D eigenvalue weighted by molar-refractivity contribution is 5.82. The van der Waals surface area contributed by atoms with Gasteiger partial charge in [0.15, 0.2) is 0 Å². The molecule has 0 aliphatic heterocycles. The predicted molar refractivity (Wildman–Crippen MR) is 60.6 cm³/mol. The minimum absolute atomic E-state index is 0.0546. The third kappa shape index (κ3) is 2.16. The number of aliphatic carboxylic acids is 1. The van der Waals surface area contributed by atoms with Gasteiger partial charge in [0.2, 0.25) is 6.41 Å². The van der Waals surface area contributed by atoms with Crippen LogP contribution in [0.15, 0.2) is 0 Å². The van der Waals surface area contributed by atoms with Gasteiger partial charge in [0.05, 0.1) is 6.10 Å². The number of nitrogens with zero attached hydrogens (tertiary/aromatic N) is 1. The molecule has 1 amide bonds. The van der Waals surface area contributed by atoms with Crippen LogP contribution >= 0.6 is 0 Å². The minimum atomic E-state index is -1.04. The maximum atomic E-state index is 11.6. The predicted octanol–water partition coefficient (Wildman–Crippen LogP) is 1.02. The third-order valence-electron chi connectivity index (χ3n) is 3.96. The molecule has 0 aromatic carbocycles. The van der Waals surface area contributed by atoms with E-state index in [1.165, 1.54) is 4.90 Å². The number of hydrogen-bond donors (Lipinski definition) is 1. The van der Waals surface area contributed by atoms with Crippen molar-refractivity contribution in [2.45, 2.75) is 56.2 Å². The number of carboxylic acids is 1. The summed E-state index contributed by atoms with van der Waals surface area (Å²) in [7, 11) is 1.60. The van der Waals surface area contributed by atoms with E-state index in [-0.39, 0.29) is 12.1 Å². The Hall–Kier alpha value is -1.10. The van der Waals surface area contributed by atoms with Gasteiger partial charge in [0, 0.05) is 19.6 Å². The Morgan fingerprint density at radius 3 is 2.65 bits per heavy atom. The fourth-order valence-corrected chi connectivity index (χ4v) is 2.83. The lowest BCUT2D eigenvalue weighted by atomic mass is 9.78. The van der Waals surface area contributed by atoms with Gasteiger partial charge < -0.3 is 14.7 Å². The van der Waals surface area contributed by atoms with E-state index in [1.807, 2.05) is 0 Å². The molecule has 1 N–H and O–H groups in total. The molecule has 0 radical (unpaired) electrons. The standard InChI is InChI=1S/C12H19NO4/c1-17-10-3-2-6-12(7-10,11(15)16)13(8-14)9-4-5-9/h8-10H,2-7H2,1H3,(H,15,16). The molecular formula is C12H19NO4. The number of carbonyl (C=O) groups is 2. The summed E-state index contributed by atoms with van der Waals surface area (Å²) in [5.74, 6) is -0.891. The Balaban J connectivity index is 2.23. The van der Waals surface area contributed by atoms with Gasteiger partial charge in [-0.05, 0) is 32.1 Å². The largest absolute Gasteiger partial charge is 0.479 e. The van der Waals surface area contributed by atoms with Gasteiger partial charge in [-0.3, -0.25) is 4.79 Å². The lowest BCUT2D eigenvalue weighted by molar-refractivity contribution is -0.162. The maximum Gasteiger partial charge on any atom is 0.329 e. The van der Waals surface area contributed by atoms with Gasteiger partial charge in [-0.1, -0.05) is 0 Å². The number of ether oxygens (including phenoxy) is 1. The normalized spacial score (nSPS) is 33.1. The first kappa shape index (κ1) is 12.4. The van der Waals surface area contributed by atoms with Crippen molar-refractivity contribution in [3.8, 4) is 0 Å². The average Bonchev–Trinajstić information content (AvgIpc) is 3.14. The molecule has 2 unspecified atom stereocenters. The molecule has 96 valence electrons. The fourth-order valence-electron chi connectivity index (χ4n) is 2.83. The SMILES string of the molecule is COC1CCCC(C(=O)O)(N(C=O)C2CC2)C1. The van der Waals surface area contributed by atoms with E-state index in [9.17, 15) is 14.7 Å². The van der Waals surface area contributed by atoms with Crippen LogP contribution in [0.1, 0.15) is 38.5 Å². The zero-order chi connectivity index (χ0) is 12.5. The molecule has 2 atom stereocenters. The first-order chi connectivity index (χ1) is 8.14. The van der Waals surface area contributed by atoms with Crippen molar-refractivity contribution in [2.24, 2.45) is 0 Å². The Bertz CT molecular complexity index is 316. The maximum absolute atomic E-state index is 11.6. The number of methoxy groups -OCH3 is 1. The number of hydrogen-bond acceptors (Lipinski definition) is 3. The van der Waals surface area contributed by atoms with Gasteiger partial charge in [0.25, 0.3) is 0 Å². The molecule has 2 fully saturated rings. The lowest BCUT2D eigenvalue weighted by Crippen LogP contribution is -2.58.